The molecule has 228 valence electrons. The third kappa shape index (κ3) is 7.61. The van der Waals surface area contributed by atoms with Crippen LogP contribution >= 0.6 is 11.3 Å². The number of nitrogens with one attached hydrogen (secondary N) is 1. The third-order valence-corrected chi connectivity index (χ3v) is 7.57. The number of thiazole rings is 1. The van der Waals surface area contributed by atoms with Gasteiger partial charge in [0.05, 0.1) is 0 Å². The summed E-state index contributed by atoms with van der Waals surface area (Å²) in [5.41, 5.74) is -0.590. The number of ether oxygens (including phenoxy) is 2. The maximum atomic E-state index is 14.4. The van der Waals surface area contributed by atoms with Gasteiger partial charge in [-0.05, 0) is 60.2 Å². The second-order valence-corrected chi connectivity index (χ2v) is 9.93. The highest BCUT2D eigenvalue weighted by Gasteiger charge is 2.58. The van der Waals surface area contributed by atoms with E-state index in [9.17, 15) is 35.8 Å². The van der Waals surface area contributed by atoms with E-state index in [-0.39, 0.29) is 16.9 Å². The number of hydrogen-bond acceptors (Lipinski definition) is 7. The molecule has 0 aliphatic rings. The molecule has 0 bridgehead atoms. The van der Waals surface area contributed by atoms with Gasteiger partial charge in [0.15, 0.2) is 11.5 Å². The van der Waals surface area contributed by atoms with Crippen LogP contribution in [0.25, 0.3) is 0 Å². The minimum atomic E-state index is -5.16. The number of aliphatic hydroxyl groups is 1. The standard InChI is InChI=1S/C28H27F7N2O4S/c1-3-16-5-8-19(9-6-16)27(38,28(33,34)35)24-36-15-23(42-24)20(13-17(4-2)11-12-37-39)18-7-10-21(40-25(29)30)22(14-18)41-26(31)32/h4-12,14-15,20,25-26,37-39H,3,13H2,1-2H3/b12-11-,17-4+. The van der Waals surface area contributed by atoms with Crippen LogP contribution in [0.2, 0.25) is 0 Å². The lowest BCUT2D eigenvalue weighted by Gasteiger charge is -2.29. The van der Waals surface area contributed by atoms with Crippen LogP contribution < -0.4 is 15.0 Å². The van der Waals surface area contributed by atoms with Gasteiger partial charge in [0.25, 0.3) is 0 Å². The van der Waals surface area contributed by atoms with Gasteiger partial charge in [-0.2, -0.15) is 30.7 Å². The van der Waals surface area contributed by atoms with Crippen LogP contribution in [-0.2, 0) is 12.0 Å². The van der Waals surface area contributed by atoms with Crippen molar-refractivity contribution in [3.63, 3.8) is 0 Å². The fourth-order valence-electron chi connectivity index (χ4n) is 4.17. The van der Waals surface area contributed by atoms with Crippen molar-refractivity contribution in [2.75, 3.05) is 0 Å². The zero-order valence-electron chi connectivity index (χ0n) is 22.2. The molecule has 0 aliphatic heterocycles. The second-order valence-electron chi connectivity index (χ2n) is 8.87. The number of hydrogen-bond donors (Lipinski definition) is 3. The van der Waals surface area contributed by atoms with Crippen molar-refractivity contribution in [1.82, 2.24) is 10.5 Å². The molecule has 0 saturated heterocycles. The smallest absolute Gasteiger partial charge is 0.428 e. The van der Waals surface area contributed by atoms with Gasteiger partial charge in [-0.3, -0.25) is 10.7 Å². The first kappa shape index (κ1) is 32.9. The lowest BCUT2D eigenvalue weighted by atomic mass is 9.90. The molecule has 2 unspecified atom stereocenters. The van der Waals surface area contributed by atoms with Crippen LogP contribution in [0, 0.1) is 0 Å². The van der Waals surface area contributed by atoms with Gasteiger partial charge in [-0.25, -0.2) is 4.98 Å². The number of alkyl halides is 7. The Labute approximate surface area is 240 Å². The van der Waals surface area contributed by atoms with E-state index in [1.807, 2.05) is 12.4 Å². The molecule has 2 atom stereocenters. The van der Waals surface area contributed by atoms with Crippen LogP contribution in [0.1, 0.15) is 52.8 Å². The van der Waals surface area contributed by atoms with Crippen molar-refractivity contribution in [2.45, 2.75) is 57.6 Å². The molecular formula is C28H27F7N2O4S. The first-order valence-corrected chi connectivity index (χ1v) is 13.2. The van der Waals surface area contributed by atoms with Crippen LogP contribution in [-0.4, -0.2) is 34.7 Å². The van der Waals surface area contributed by atoms with Gasteiger partial charge < -0.3 is 14.6 Å². The van der Waals surface area contributed by atoms with E-state index in [0.29, 0.717) is 23.3 Å². The molecule has 14 heteroatoms. The SMILES string of the molecule is C/C=C(\C=C/NO)CC(c1ccc(OC(F)F)c(OC(F)F)c1)c1cnc(C(O)(c2ccc(CC)cc2)C(F)(F)F)s1. The summed E-state index contributed by atoms with van der Waals surface area (Å²) in [7, 11) is 0. The topological polar surface area (TPSA) is 83.8 Å². The Morgan fingerprint density at radius 2 is 1.67 bits per heavy atom. The van der Waals surface area contributed by atoms with E-state index >= 15 is 0 Å². The number of aromatic nitrogens is 1. The van der Waals surface area contributed by atoms with Crippen LogP contribution in [0.3, 0.4) is 0 Å². The van der Waals surface area contributed by atoms with Crippen LogP contribution in [0.5, 0.6) is 11.5 Å². The van der Waals surface area contributed by atoms with Crippen LogP contribution in [0.15, 0.2) is 72.6 Å². The van der Waals surface area contributed by atoms with Crippen molar-refractivity contribution in [1.29, 1.82) is 0 Å². The highest BCUT2D eigenvalue weighted by Crippen LogP contribution is 2.48. The first-order valence-electron chi connectivity index (χ1n) is 12.4. The Balaban J connectivity index is 2.17. The van der Waals surface area contributed by atoms with E-state index in [1.54, 1.807) is 13.0 Å². The Bertz CT molecular complexity index is 1380. The molecule has 6 nitrogen and oxygen atoms in total. The zero-order valence-corrected chi connectivity index (χ0v) is 23.0. The van der Waals surface area contributed by atoms with E-state index in [4.69, 9.17) is 5.21 Å². The molecule has 0 radical (unpaired) electrons. The van der Waals surface area contributed by atoms with Crippen molar-refractivity contribution in [3.05, 3.63) is 99.2 Å². The molecule has 0 saturated carbocycles. The highest BCUT2D eigenvalue weighted by atomic mass is 32.1. The molecule has 2 aromatic carbocycles. The fourth-order valence-corrected chi connectivity index (χ4v) is 5.35. The quantitative estimate of drug-likeness (QED) is 0.103. The van der Waals surface area contributed by atoms with E-state index < -0.39 is 53.0 Å². The molecule has 3 rings (SSSR count). The first-order chi connectivity index (χ1) is 19.8. The second kappa shape index (κ2) is 14.0. The summed E-state index contributed by atoms with van der Waals surface area (Å²) in [6.07, 6.45) is 0.838. The predicted molar refractivity (Wildman–Crippen MR) is 141 cm³/mol. The van der Waals surface area contributed by atoms with Crippen molar-refractivity contribution >= 4 is 11.3 Å². The summed E-state index contributed by atoms with van der Waals surface area (Å²) in [6.45, 7) is -3.25. The lowest BCUT2D eigenvalue weighted by Crippen LogP contribution is -2.43. The van der Waals surface area contributed by atoms with Crippen molar-refractivity contribution in [3.8, 4) is 11.5 Å². The minimum absolute atomic E-state index is 0.0368. The highest BCUT2D eigenvalue weighted by molar-refractivity contribution is 7.11. The van der Waals surface area contributed by atoms with Crippen molar-refractivity contribution in [2.24, 2.45) is 0 Å². The summed E-state index contributed by atoms with van der Waals surface area (Å²) in [5, 5.41) is 19.4. The number of aryl methyl sites for hydroxylation is 1. The Morgan fingerprint density at radius 1 is 1.02 bits per heavy atom. The molecule has 0 spiro atoms. The van der Waals surface area contributed by atoms with Gasteiger partial charge >= 0.3 is 19.4 Å². The molecular weight excluding hydrogens is 593 g/mol. The number of hydroxylamine groups is 1. The molecule has 0 fully saturated rings. The summed E-state index contributed by atoms with van der Waals surface area (Å²) < 4.78 is 104. The van der Waals surface area contributed by atoms with Gasteiger partial charge in [0.1, 0.15) is 5.01 Å². The largest absolute Gasteiger partial charge is 0.431 e. The number of halogens is 7. The van der Waals surface area contributed by atoms with Gasteiger partial charge in [0.2, 0.25) is 5.60 Å². The van der Waals surface area contributed by atoms with E-state index in [1.165, 1.54) is 42.6 Å². The molecule has 3 aromatic rings. The van der Waals surface area contributed by atoms with Gasteiger partial charge in [-0.1, -0.05) is 43.3 Å². The Kier molecular flexibility index (Phi) is 11.0. The third-order valence-electron chi connectivity index (χ3n) is 6.35. The van der Waals surface area contributed by atoms with E-state index in [2.05, 4.69) is 14.5 Å². The molecule has 1 aromatic heterocycles. The summed E-state index contributed by atoms with van der Waals surface area (Å²) in [5.74, 6) is -2.27. The van der Waals surface area contributed by atoms with E-state index in [0.717, 1.165) is 23.9 Å². The maximum Gasteiger partial charge on any atom is 0.428 e. The number of allylic oxidation sites excluding steroid dienone is 3. The van der Waals surface area contributed by atoms with Gasteiger partial charge in [0, 0.05) is 23.2 Å². The maximum absolute atomic E-state index is 14.4. The molecule has 42 heavy (non-hydrogen) atoms. The predicted octanol–water partition coefficient (Wildman–Crippen LogP) is 7.67. The fraction of sp³-hybridized carbons (Fsp3) is 0.321. The van der Waals surface area contributed by atoms with Crippen LogP contribution in [0.4, 0.5) is 30.7 Å². The molecule has 1 heterocycles. The normalized spacial score (nSPS) is 14.8. The minimum Gasteiger partial charge on any atom is -0.431 e. The zero-order chi connectivity index (χ0) is 31.1. The van der Waals surface area contributed by atoms with Gasteiger partial charge in [-0.15, -0.1) is 11.3 Å². The molecule has 0 amide bonds. The number of nitrogens with zero attached hydrogens (tertiary/aromatic N) is 1. The molecule has 0 aliphatic carbocycles. The number of rotatable bonds is 13. The summed E-state index contributed by atoms with van der Waals surface area (Å²) in [4.78, 5) is 4.11. The Morgan fingerprint density at radius 3 is 2.21 bits per heavy atom. The average molecular weight is 621 g/mol. The average Bonchev–Trinajstić information content (AvgIpc) is 3.43. The lowest BCUT2D eigenvalue weighted by molar-refractivity contribution is -0.248. The van der Waals surface area contributed by atoms with Crippen molar-refractivity contribution < 1.29 is 50.5 Å². The summed E-state index contributed by atoms with van der Waals surface area (Å²) >= 11 is 0.548. The summed E-state index contributed by atoms with van der Waals surface area (Å²) in [6, 6.07) is 8.56. The molecule has 3 N–H and O–H groups in total. The Hall–Kier alpha value is -3.62. The monoisotopic (exact) mass is 620 g/mol. The number of benzene rings is 2.